The van der Waals surface area contributed by atoms with Gasteiger partial charge in [0, 0.05) is 24.2 Å². The Morgan fingerprint density at radius 2 is 2.09 bits per heavy atom. The second kappa shape index (κ2) is 7.07. The molecule has 0 saturated heterocycles. The minimum atomic E-state index is -2.88. The number of methoxy groups -OCH3 is 1. The Kier molecular flexibility index (Phi) is 5.14. The van der Waals surface area contributed by atoms with Crippen LogP contribution in [0.4, 0.5) is 0 Å². The van der Waals surface area contributed by atoms with E-state index in [1.807, 2.05) is 0 Å². The zero-order chi connectivity index (χ0) is 16.9. The van der Waals surface area contributed by atoms with Gasteiger partial charge in [0.2, 0.25) is 0 Å². The molecule has 1 aromatic carbocycles. The second-order valence-corrected chi connectivity index (χ2v) is 6.97. The van der Waals surface area contributed by atoms with E-state index in [0.29, 0.717) is 16.2 Å². The van der Waals surface area contributed by atoms with Crippen molar-refractivity contribution >= 4 is 15.6 Å². The van der Waals surface area contributed by atoms with E-state index in [1.54, 1.807) is 43.5 Å². The average molecular weight is 328 g/mol. The predicted octanol–water partition coefficient (Wildman–Crippen LogP) is 2.76. The smallest absolute Gasteiger partial charge is 0.286 e. The van der Waals surface area contributed by atoms with Crippen molar-refractivity contribution in [2.45, 2.75) is 11.8 Å². The summed E-state index contributed by atoms with van der Waals surface area (Å²) in [5.41, 5.74) is 0.861. The Balaban J connectivity index is 2.42. The Morgan fingerprint density at radius 3 is 2.78 bits per heavy atom. The van der Waals surface area contributed by atoms with Crippen molar-refractivity contribution in [1.29, 1.82) is 0 Å². The molecule has 0 fully saturated rings. The molecule has 0 aliphatic carbocycles. The Hall–Kier alpha value is -2.65. The number of pyridine rings is 1. The summed E-state index contributed by atoms with van der Waals surface area (Å²) in [6.07, 6.45) is 4.36. The summed E-state index contributed by atoms with van der Waals surface area (Å²) in [5.74, 6) is 5.52. The standard InChI is InChI=1S/C17H16N2O3S/c1-4-6-13-9-14(12-18-11-13)17(20)19-23(3,21)16-8-5-7-15(10-16)22-2/h5,7-12H,1-3H3. The molecule has 1 unspecified atom stereocenters. The van der Waals surface area contributed by atoms with Crippen LogP contribution in [0, 0.1) is 11.8 Å². The molecule has 1 aromatic heterocycles. The van der Waals surface area contributed by atoms with Crippen molar-refractivity contribution in [1.82, 2.24) is 4.98 Å². The number of ether oxygens (including phenoxy) is 1. The first-order valence-electron chi connectivity index (χ1n) is 6.74. The quantitative estimate of drug-likeness (QED) is 0.813. The van der Waals surface area contributed by atoms with Crippen molar-refractivity contribution in [2.75, 3.05) is 13.4 Å². The van der Waals surface area contributed by atoms with Gasteiger partial charge in [0.25, 0.3) is 5.91 Å². The maximum absolute atomic E-state index is 12.8. The van der Waals surface area contributed by atoms with Crippen LogP contribution in [-0.4, -0.2) is 28.5 Å². The Labute approximate surface area is 135 Å². The number of rotatable bonds is 3. The number of amides is 1. The van der Waals surface area contributed by atoms with Crippen LogP contribution in [0.1, 0.15) is 22.8 Å². The van der Waals surface area contributed by atoms with Gasteiger partial charge in [-0.1, -0.05) is 12.0 Å². The minimum absolute atomic E-state index is 0.253. The number of aromatic nitrogens is 1. The van der Waals surface area contributed by atoms with E-state index in [1.165, 1.54) is 19.6 Å². The molecule has 0 aliphatic heterocycles. The number of carbonyl (C=O) groups excluding carboxylic acids is 1. The summed E-state index contributed by atoms with van der Waals surface area (Å²) in [7, 11) is -1.37. The summed E-state index contributed by atoms with van der Waals surface area (Å²) in [5, 5.41) is 0. The number of hydrogen-bond donors (Lipinski definition) is 0. The molecule has 2 rings (SSSR count). The van der Waals surface area contributed by atoms with Crippen LogP contribution in [0.15, 0.2) is 52.0 Å². The molecule has 0 N–H and O–H groups in total. The lowest BCUT2D eigenvalue weighted by Gasteiger charge is -2.06. The highest BCUT2D eigenvalue weighted by atomic mass is 32.2. The summed E-state index contributed by atoms with van der Waals surface area (Å²) in [4.78, 5) is 16.7. The normalized spacial score (nSPS) is 12.5. The fraction of sp³-hybridized carbons (Fsp3) is 0.176. The third kappa shape index (κ3) is 4.18. The van der Waals surface area contributed by atoms with E-state index in [0.717, 1.165) is 0 Å². The summed E-state index contributed by atoms with van der Waals surface area (Å²) >= 11 is 0. The Morgan fingerprint density at radius 1 is 1.30 bits per heavy atom. The van der Waals surface area contributed by atoms with Crippen molar-refractivity contribution < 1.29 is 13.7 Å². The van der Waals surface area contributed by atoms with Gasteiger partial charge in [-0.25, -0.2) is 4.21 Å². The minimum Gasteiger partial charge on any atom is -0.497 e. The first kappa shape index (κ1) is 16.7. The van der Waals surface area contributed by atoms with Gasteiger partial charge in [-0.15, -0.1) is 5.92 Å². The lowest BCUT2D eigenvalue weighted by Crippen LogP contribution is -2.05. The van der Waals surface area contributed by atoms with Crippen LogP contribution >= 0.6 is 0 Å². The second-order valence-electron chi connectivity index (χ2n) is 4.72. The van der Waals surface area contributed by atoms with Crippen molar-refractivity contribution in [3.8, 4) is 17.6 Å². The van der Waals surface area contributed by atoms with E-state index in [9.17, 15) is 9.00 Å². The van der Waals surface area contributed by atoms with Gasteiger partial charge in [0.15, 0.2) is 0 Å². The maximum Gasteiger partial charge on any atom is 0.286 e. The van der Waals surface area contributed by atoms with Gasteiger partial charge < -0.3 is 4.74 Å². The van der Waals surface area contributed by atoms with Gasteiger partial charge in [-0.2, -0.15) is 4.36 Å². The molecule has 2 aromatic rings. The van der Waals surface area contributed by atoms with Crippen LogP contribution in [0.2, 0.25) is 0 Å². The van der Waals surface area contributed by atoms with Gasteiger partial charge in [0.1, 0.15) is 5.75 Å². The predicted molar refractivity (Wildman–Crippen MR) is 88.9 cm³/mol. The molecule has 0 bridgehead atoms. The number of benzene rings is 1. The van der Waals surface area contributed by atoms with Crippen LogP contribution < -0.4 is 4.74 Å². The van der Waals surface area contributed by atoms with E-state index >= 15 is 0 Å². The fourth-order valence-electron chi connectivity index (χ4n) is 1.87. The Bertz CT molecular complexity index is 917. The lowest BCUT2D eigenvalue weighted by atomic mass is 10.2. The van der Waals surface area contributed by atoms with E-state index in [-0.39, 0.29) is 5.56 Å². The van der Waals surface area contributed by atoms with Crippen LogP contribution in [0.3, 0.4) is 0 Å². The molecule has 0 radical (unpaired) electrons. The zero-order valence-electron chi connectivity index (χ0n) is 13.1. The topological polar surface area (TPSA) is 68.6 Å². The molecule has 0 spiro atoms. The van der Waals surface area contributed by atoms with Gasteiger partial charge in [0.05, 0.1) is 27.3 Å². The van der Waals surface area contributed by atoms with E-state index in [2.05, 4.69) is 21.2 Å². The molecule has 1 amide bonds. The molecule has 6 heteroatoms. The third-order valence-corrected chi connectivity index (χ3v) is 4.63. The van der Waals surface area contributed by atoms with Crippen molar-refractivity contribution in [3.63, 3.8) is 0 Å². The zero-order valence-corrected chi connectivity index (χ0v) is 13.9. The fourth-order valence-corrected chi connectivity index (χ4v) is 3.06. The van der Waals surface area contributed by atoms with Crippen molar-refractivity contribution in [3.05, 3.63) is 53.9 Å². The summed E-state index contributed by atoms with van der Waals surface area (Å²) in [6, 6.07) is 8.28. The number of carbonyl (C=O) groups is 1. The molecular formula is C17H16N2O3S. The van der Waals surface area contributed by atoms with E-state index in [4.69, 9.17) is 4.74 Å². The molecule has 1 atom stereocenters. The molecule has 0 aliphatic rings. The molecule has 0 saturated carbocycles. The summed E-state index contributed by atoms with van der Waals surface area (Å²) in [6.45, 7) is 1.69. The molecule has 5 nitrogen and oxygen atoms in total. The SMILES string of the molecule is CC#Cc1cncc(C(=O)N=S(C)(=O)c2cccc(OC)c2)c1. The highest BCUT2D eigenvalue weighted by Gasteiger charge is 2.12. The number of hydrogen-bond acceptors (Lipinski definition) is 4. The summed E-state index contributed by atoms with van der Waals surface area (Å²) < 4.78 is 21.7. The first-order valence-corrected chi connectivity index (χ1v) is 8.67. The van der Waals surface area contributed by atoms with Crippen LogP contribution in [-0.2, 0) is 9.73 Å². The lowest BCUT2D eigenvalue weighted by molar-refractivity contribution is 0.100. The van der Waals surface area contributed by atoms with Crippen LogP contribution in [0.5, 0.6) is 5.75 Å². The number of nitrogens with zero attached hydrogens (tertiary/aromatic N) is 2. The molecule has 118 valence electrons. The van der Waals surface area contributed by atoms with E-state index < -0.39 is 15.6 Å². The third-order valence-electron chi connectivity index (χ3n) is 2.99. The van der Waals surface area contributed by atoms with Gasteiger partial charge in [-0.3, -0.25) is 9.78 Å². The van der Waals surface area contributed by atoms with Crippen molar-refractivity contribution in [2.24, 2.45) is 4.36 Å². The molecule has 1 heterocycles. The van der Waals surface area contributed by atoms with Crippen LogP contribution in [0.25, 0.3) is 0 Å². The molecule has 23 heavy (non-hydrogen) atoms. The first-order chi connectivity index (χ1) is 11.0. The largest absolute Gasteiger partial charge is 0.497 e. The molecular weight excluding hydrogens is 312 g/mol. The monoisotopic (exact) mass is 328 g/mol. The van der Waals surface area contributed by atoms with Gasteiger partial charge >= 0.3 is 0 Å². The highest BCUT2D eigenvalue weighted by Crippen LogP contribution is 2.19. The maximum atomic E-state index is 12.8. The average Bonchev–Trinajstić information content (AvgIpc) is 2.55. The van der Waals surface area contributed by atoms with Gasteiger partial charge in [-0.05, 0) is 31.2 Å². The highest BCUT2D eigenvalue weighted by molar-refractivity contribution is 7.93.